The molecule has 1 aliphatic rings. The number of benzene rings is 2. The molecule has 0 aliphatic carbocycles. The normalized spacial score (nSPS) is 14.8. The zero-order valence-electron chi connectivity index (χ0n) is 17.7. The Labute approximate surface area is 176 Å². The second kappa shape index (κ2) is 7.90. The molecule has 0 atom stereocenters. The lowest BCUT2D eigenvalue weighted by Crippen LogP contribution is -2.41. The number of hydrogen-bond donors (Lipinski definition) is 1. The summed E-state index contributed by atoms with van der Waals surface area (Å²) in [7, 11) is 0. The third-order valence-electron chi connectivity index (χ3n) is 6.18. The van der Waals surface area contributed by atoms with Crippen molar-refractivity contribution in [1.29, 1.82) is 0 Å². The highest BCUT2D eigenvalue weighted by Gasteiger charge is 2.27. The molecule has 1 aliphatic heterocycles. The molecule has 0 spiro atoms. The molecule has 2 N–H and O–H groups in total. The number of amides is 2. The van der Waals surface area contributed by atoms with E-state index < -0.39 is 0 Å². The van der Waals surface area contributed by atoms with Crippen LogP contribution in [-0.4, -0.2) is 34.8 Å². The number of aromatic nitrogens is 1. The molecule has 154 valence electrons. The lowest BCUT2D eigenvalue weighted by molar-refractivity contribution is -0.123. The lowest BCUT2D eigenvalue weighted by Gasteiger charge is -2.31. The molecule has 5 nitrogen and oxygen atoms in total. The van der Waals surface area contributed by atoms with Crippen LogP contribution in [0.4, 0.5) is 0 Å². The number of aryl methyl sites for hydroxylation is 3. The van der Waals surface area contributed by atoms with Crippen LogP contribution >= 0.6 is 0 Å². The van der Waals surface area contributed by atoms with Gasteiger partial charge in [0.25, 0.3) is 5.91 Å². The summed E-state index contributed by atoms with van der Waals surface area (Å²) in [4.78, 5) is 31.6. The van der Waals surface area contributed by atoms with Gasteiger partial charge in [0.2, 0.25) is 5.91 Å². The van der Waals surface area contributed by atoms with Crippen molar-refractivity contribution in [3.05, 3.63) is 64.7 Å². The Kier molecular flexibility index (Phi) is 5.29. The van der Waals surface area contributed by atoms with Gasteiger partial charge in [-0.05, 0) is 69.0 Å². The lowest BCUT2D eigenvalue weighted by atomic mass is 9.95. The Morgan fingerprint density at radius 3 is 2.37 bits per heavy atom. The second-order valence-electron chi connectivity index (χ2n) is 8.34. The third-order valence-corrected chi connectivity index (χ3v) is 6.18. The van der Waals surface area contributed by atoms with E-state index in [4.69, 9.17) is 10.7 Å². The molecule has 2 aromatic carbocycles. The number of nitrogens with zero attached hydrogens (tertiary/aromatic N) is 2. The van der Waals surface area contributed by atoms with E-state index in [1.54, 1.807) is 0 Å². The first-order chi connectivity index (χ1) is 14.3. The maximum absolute atomic E-state index is 13.5. The largest absolute Gasteiger partial charge is 0.369 e. The number of carbonyl (C=O) groups is 2. The van der Waals surface area contributed by atoms with E-state index in [1.165, 1.54) is 11.1 Å². The van der Waals surface area contributed by atoms with Crippen molar-refractivity contribution in [1.82, 2.24) is 9.88 Å². The van der Waals surface area contributed by atoms with Crippen LogP contribution in [0.1, 0.15) is 39.9 Å². The van der Waals surface area contributed by atoms with E-state index in [-0.39, 0.29) is 17.7 Å². The van der Waals surface area contributed by atoms with Crippen molar-refractivity contribution in [2.45, 2.75) is 33.6 Å². The predicted octanol–water partition coefficient (Wildman–Crippen LogP) is 4.16. The molecule has 1 fully saturated rings. The van der Waals surface area contributed by atoms with Crippen LogP contribution in [0, 0.1) is 26.7 Å². The van der Waals surface area contributed by atoms with Crippen LogP contribution in [-0.2, 0) is 4.79 Å². The minimum absolute atomic E-state index is 0.0130. The van der Waals surface area contributed by atoms with E-state index in [9.17, 15) is 9.59 Å². The van der Waals surface area contributed by atoms with E-state index in [0.717, 1.165) is 27.7 Å². The fraction of sp³-hybridized carbons (Fsp3) is 0.320. The Balaban J connectivity index is 1.77. The first-order valence-electron chi connectivity index (χ1n) is 10.4. The van der Waals surface area contributed by atoms with Crippen LogP contribution in [0.5, 0.6) is 0 Å². The van der Waals surface area contributed by atoms with Gasteiger partial charge in [-0.3, -0.25) is 9.59 Å². The SMILES string of the molecule is Cc1ccc2nc(-c3ccc(C)c(C)c3)cc(C(=O)N3CCC(C(N)=O)CC3)c2c1. The summed E-state index contributed by atoms with van der Waals surface area (Å²) in [6.07, 6.45) is 1.24. The summed E-state index contributed by atoms with van der Waals surface area (Å²) in [5.41, 5.74) is 12.2. The molecule has 0 saturated carbocycles. The number of fused-ring (bicyclic) bond motifs is 1. The fourth-order valence-corrected chi connectivity index (χ4v) is 4.10. The number of hydrogen-bond acceptors (Lipinski definition) is 3. The summed E-state index contributed by atoms with van der Waals surface area (Å²) >= 11 is 0. The van der Waals surface area contributed by atoms with Gasteiger partial charge in [-0.15, -0.1) is 0 Å². The zero-order valence-corrected chi connectivity index (χ0v) is 17.7. The number of pyridine rings is 1. The molecule has 2 heterocycles. The van der Waals surface area contributed by atoms with Crippen molar-refractivity contribution in [2.75, 3.05) is 13.1 Å². The van der Waals surface area contributed by atoms with Gasteiger partial charge in [-0.1, -0.05) is 23.8 Å². The summed E-state index contributed by atoms with van der Waals surface area (Å²) in [6.45, 7) is 7.27. The van der Waals surface area contributed by atoms with Gasteiger partial charge < -0.3 is 10.6 Å². The van der Waals surface area contributed by atoms with E-state index >= 15 is 0 Å². The predicted molar refractivity (Wildman–Crippen MR) is 119 cm³/mol. The number of carbonyl (C=O) groups excluding carboxylic acids is 2. The van der Waals surface area contributed by atoms with Crippen LogP contribution in [0.15, 0.2) is 42.5 Å². The Bertz CT molecular complexity index is 1140. The van der Waals surface area contributed by atoms with Crippen LogP contribution in [0.3, 0.4) is 0 Å². The standard InChI is InChI=1S/C25H27N3O2/c1-15-4-7-22-20(12-15)21(25(30)28-10-8-18(9-11-28)24(26)29)14-23(27-22)19-6-5-16(2)17(3)13-19/h4-7,12-14,18H,8-11H2,1-3H3,(H2,26,29). The third kappa shape index (κ3) is 3.80. The molecule has 0 unspecified atom stereocenters. The summed E-state index contributed by atoms with van der Waals surface area (Å²) < 4.78 is 0. The van der Waals surface area contributed by atoms with Gasteiger partial charge in [0.15, 0.2) is 0 Å². The van der Waals surface area contributed by atoms with Crippen molar-refractivity contribution in [2.24, 2.45) is 11.7 Å². The van der Waals surface area contributed by atoms with Gasteiger partial charge in [0, 0.05) is 30.0 Å². The smallest absolute Gasteiger partial charge is 0.254 e. The van der Waals surface area contributed by atoms with Crippen LogP contribution in [0.2, 0.25) is 0 Å². The van der Waals surface area contributed by atoms with Gasteiger partial charge in [-0.25, -0.2) is 4.98 Å². The first-order valence-corrected chi connectivity index (χ1v) is 10.4. The van der Waals surface area contributed by atoms with Gasteiger partial charge in [0.05, 0.1) is 16.8 Å². The van der Waals surface area contributed by atoms with Crippen molar-refractivity contribution in [3.63, 3.8) is 0 Å². The fourth-order valence-electron chi connectivity index (χ4n) is 4.10. The Hall–Kier alpha value is -3.21. The monoisotopic (exact) mass is 401 g/mol. The average Bonchev–Trinajstić information content (AvgIpc) is 2.74. The highest BCUT2D eigenvalue weighted by molar-refractivity contribution is 6.07. The second-order valence-corrected chi connectivity index (χ2v) is 8.34. The summed E-state index contributed by atoms with van der Waals surface area (Å²) in [6, 6.07) is 14.2. The topological polar surface area (TPSA) is 76.3 Å². The molecule has 1 saturated heterocycles. The first kappa shape index (κ1) is 20.1. The summed E-state index contributed by atoms with van der Waals surface area (Å²) in [5, 5.41) is 0.865. The van der Waals surface area contributed by atoms with Crippen LogP contribution < -0.4 is 5.73 Å². The number of rotatable bonds is 3. The molecule has 3 aromatic rings. The number of primary amides is 1. The summed E-state index contributed by atoms with van der Waals surface area (Å²) in [5.74, 6) is -0.429. The quantitative estimate of drug-likeness (QED) is 0.716. The highest BCUT2D eigenvalue weighted by Crippen LogP contribution is 2.29. The average molecular weight is 402 g/mol. The van der Waals surface area contributed by atoms with Gasteiger partial charge in [-0.2, -0.15) is 0 Å². The van der Waals surface area contributed by atoms with Gasteiger partial charge in [0.1, 0.15) is 0 Å². The number of nitrogens with two attached hydrogens (primary N) is 1. The van der Waals surface area contributed by atoms with Gasteiger partial charge >= 0.3 is 0 Å². The molecular formula is C25H27N3O2. The molecule has 0 radical (unpaired) electrons. The van der Waals surface area contributed by atoms with Crippen molar-refractivity contribution < 1.29 is 9.59 Å². The molecule has 0 bridgehead atoms. The molecule has 5 heteroatoms. The number of likely N-dealkylation sites (tertiary alicyclic amines) is 1. The van der Waals surface area contributed by atoms with E-state index in [2.05, 4.69) is 32.0 Å². The Morgan fingerprint density at radius 2 is 1.70 bits per heavy atom. The van der Waals surface area contributed by atoms with Crippen LogP contribution in [0.25, 0.3) is 22.2 Å². The maximum atomic E-state index is 13.5. The van der Waals surface area contributed by atoms with Crippen molar-refractivity contribution in [3.8, 4) is 11.3 Å². The molecule has 2 amide bonds. The van der Waals surface area contributed by atoms with E-state index in [1.807, 2.05) is 36.1 Å². The maximum Gasteiger partial charge on any atom is 0.254 e. The van der Waals surface area contributed by atoms with Crippen molar-refractivity contribution >= 4 is 22.7 Å². The minimum atomic E-state index is -0.274. The Morgan fingerprint density at radius 1 is 0.967 bits per heavy atom. The molecular weight excluding hydrogens is 374 g/mol. The number of piperidine rings is 1. The molecule has 4 rings (SSSR count). The highest BCUT2D eigenvalue weighted by atomic mass is 16.2. The molecule has 1 aromatic heterocycles. The molecule has 30 heavy (non-hydrogen) atoms. The minimum Gasteiger partial charge on any atom is -0.369 e. The van der Waals surface area contributed by atoms with E-state index in [0.29, 0.717) is 31.5 Å². The zero-order chi connectivity index (χ0) is 21.4.